The lowest BCUT2D eigenvalue weighted by molar-refractivity contribution is 0.0909. The van der Waals surface area contributed by atoms with E-state index in [2.05, 4.69) is 18.4 Å². The Labute approximate surface area is 101 Å². The number of hydrogen-bond donors (Lipinski definition) is 0. The molecule has 17 heavy (non-hydrogen) atoms. The van der Waals surface area contributed by atoms with Gasteiger partial charge in [0.2, 0.25) is 5.91 Å². The van der Waals surface area contributed by atoms with Crippen LogP contribution in [0.15, 0.2) is 48.8 Å². The van der Waals surface area contributed by atoms with Gasteiger partial charge >= 0.3 is 0 Å². The Morgan fingerprint density at radius 3 is 3.06 bits per heavy atom. The van der Waals surface area contributed by atoms with E-state index in [1.54, 1.807) is 10.6 Å². The molecule has 0 spiro atoms. The topological polar surface area (TPSA) is 22.0 Å². The van der Waals surface area contributed by atoms with Crippen molar-refractivity contribution in [2.24, 2.45) is 0 Å². The van der Waals surface area contributed by atoms with E-state index >= 15 is 0 Å². The highest BCUT2D eigenvalue weighted by Gasteiger charge is 2.07. The van der Waals surface area contributed by atoms with Crippen LogP contribution in [0.5, 0.6) is 0 Å². The zero-order valence-electron chi connectivity index (χ0n) is 9.94. The van der Waals surface area contributed by atoms with Crippen LogP contribution in [0.25, 0.3) is 10.9 Å². The van der Waals surface area contributed by atoms with Gasteiger partial charge in [-0.15, -0.1) is 5.73 Å². The average molecular weight is 225 g/mol. The van der Waals surface area contributed by atoms with Gasteiger partial charge in [-0.3, -0.25) is 9.36 Å². The molecule has 2 heteroatoms. The van der Waals surface area contributed by atoms with Crippen LogP contribution in [0.2, 0.25) is 0 Å². The first-order valence-corrected chi connectivity index (χ1v) is 5.67. The fourth-order valence-corrected chi connectivity index (χ4v) is 1.90. The Hall–Kier alpha value is -2.05. The molecule has 0 aliphatic heterocycles. The first-order chi connectivity index (χ1) is 8.22. The lowest BCUT2D eigenvalue weighted by Gasteiger charge is -2.02. The SMILES string of the molecule is C=C=CCCC(=O)n1ccc2cc(C)ccc21. The van der Waals surface area contributed by atoms with Crippen LogP contribution in [-0.4, -0.2) is 10.5 Å². The molecule has 1 aromatic heterocycles. The Morgan fingerprint density at radius 1 is 1.47 bits per heavy atom. The lowest BCUT2D eigenvalue weighted by atomic mass is 10.2. The van der Waals surface area contributed by atoms with Crippen LogP contribution in [0, 0.1) is 6.92 Å². The zero-order valence-corrected chi connectivity index (χ0v) is 9.94. The molecule has 2 aromatic rings. The molecule has 0 fully saturated rings. The predicted molar refractivity (Wildman–Crippen MR) is 70.2 cm³/mol. The molecule has 0 radical (unpaired) electrons. The Morgan fingerprint density at radius 2 is 2.29 bits per heavy atom. The fraction of sp³-hybridized carbons (Fsp3) is 0.200. The molecule has 1 aromatic carbocycles. The second kappa shape index (κ2) is 4.86. The highest BCUT2D eigenvalue weighted by molar-refractivity contribution is 5.92. The van der Waals surface area contributed by atoms with E-state index in [4.69, 9.17) is 0 Å². The van der Waals surface area contributed by atoms with Gasteiger partial charge in [0.25, 0.3) is 0 Å². The normalized spacial score (nSPS) is 10.2. The molecule has 2 nitrogen and oxygen atoms in total. The smallest absolute Gasteiger partial charge is 0.231 e. The minimum Gasteiger partial charge on any atom is -0.287 e. The van der Waals surface area contributed by atoms with Crippen molar-refractivity contribution >= 4 is 16.8 Å². The molecular formula is C15H15NO. The van der Waals surface area contributed by atoms with Crippen LogP contribution < -0.4 is 0 Å². The second-order valence-electron chi connectivity index (χ2n) is 4.09. The van der Waals surface area contributed by atoms with Gasteiger partial charge in [-0.2, -0.15) is 0 Å². The van der Waals surface area contributed by atoms with E-state index < -0.39 is 0 Å². The third-order valence-electron chi connectivity index (χ3n) is 2.76. The quantitative estimate of drug-likeness (QED) is 0.730. The predicted octanol–water partition coefficient (Wildman–Crippen LogP) is 3.71. The number of aryl methyl sites for hydroxylation is 1. The minimum absolute atomic E-state index is 0.107. The van der Waals surface area contributed by atoms with Gasteiger partial charge in [0.05, 0.1) is 5.52 Å². The summed E-state index contributed by atoms with van der Waals surface area (Å²) in [6.45, 7) is 5.53. The first kappa shape index (κ1) is 11.4. The van der Waals surface area contributed by atoms with Crippen LogP contribution in [0.1, 0.15) is 23.2 Å². The Balaban J connectivity index is 2.29. The van der Waals surface area contributed by atoms with E-state index in [0.29, 0.717) is 12.8 Å². The number of hydrogen-bond acceptors (Lipinski definition) is 1. The van der Waals surface area contributed by atoms with Crippen molar-refractivity contribution < 1.29 is 4.79 Å². The van der Waals surface area contributed by atoms with E-state index in [9.17, 15) is 4.79 Å². The summed E-state index contributed by atoms with van der Waals surface area (Å²) in [5.41, 5.74) is 4.86. The maximum absolute atomic E-state index is 12.0. The van der Waals surface area contributed by atoms with Crippen LogP contribution in [-0.2, 0) is 0 Å². The van der Waals surface area contributed by atoms with Crippen LogP contribution in [0.4, 0.5) is 0 Å². The van der Waals surface area contributed by atoms with Gasteiger partial charge in [0.1, 0.15) is 0 Å². The van der Waals surface area contributed by atoms with E-state index in [0.717, 1.165) is 10.9 Å². The number of fused-ring (bicyclic) bond motifs is 1. The van der Waals surface area contributed by atoms with Crippen molar-refractivity contribution in [2.75, 3.05) is 0 Å². The molecule has 2 rings (SSSR count). The van der Waals surface area contributed by atoms with Crippen molar-refractivity contribution in [3.05, 3.63) is 54.4 Å². The standard InChI is InChI=1S/C15H15NO/c1-3-4-5-6-15(17)16-10-9-13-11-12(2)7-8-14(13)16/h4,7-11H,1,5-6H2,2H3. The van der Waals surface area contributed by atoms with Crippen molar-refractivity contribution in [1.82, 2.24) is 4.57 Å². The average Bonchev–Trinajstić information content (AvgIpc) is 2.72. The lowest BCUT2D eigenvalue weighted by Crippen LogP contribution is -2.08. The molecule has 0 atom stereocenters. The summed E-state index contributed by atoms with van der Waals surface area (Å²) in [5.74, 6) is 0.107. The summed E-state index contributed by atoms with van der Waals surface area (Å²) >= 11 is 0. The summed E-state index contributed by atoms with van der Waals surface area (Å²) in [4.78, 5) is 12.0. The summed E-state index contributed by atoms with van der Waals surface area (Å²) in [7, 11) is 0. The maximum Gasteiger partial charge on any atom is 0.231 e. The number of aromatic nitrogens is 1. The van der Waals surface area contributed by atoms with Gasteiger partial charge in [-0.1, -0.05) is 18.2 Å². The third kappa shape index (κ3) is 2.38. The van der Waals surface area contributed by atoms with Gasteiger partial charge in [0.15, 0.2) is 0 Å². The first-order valence-electron chi connectivity index (χ1n) is 5.67. The number of rotatable bonds is 3. The fourth-order valence-electron chi connectivity index (χ4n) is 1.90. The molecule has 0 aliphatic rings. The Bertz CT molecular complexity index is 600. The number of carbonyl (C=O) groups excluding carboxylic acids is 1. The van der Waals surface area contributed by atoms with E-state index in [-0.39, 0.29) is 5.91 Å². The second-order valence-corrected chi connectivity index (χ2v) is 4.09. The zero-order chi connectivity index (χ0) is 12.3. The van der Waals surface area contributed by atoms with Gasteiger partial charge in [-0.05, 0) is 37.6 Å². The van der Waals surface area contributed by atoms with Gasteiger partial charge < -0.3 is 0 Å². The summed E-state index contributed by atoms with van der Waals surface area (Å²) in [5, 5.41) is 1.11. The highest BCUT2D eigenvalue weighted by atomic mass is 16.2. The largest absolute Gasteiger partial charge is 0.287 e. The molecule has 0 unspecified atom stereocenters. The summed E-state index contributed by atoms with van der Waals surface area (Å²) in [6.07, 6.45) is 4.80. The van der Waals surface area contributed by atoms with Crippen molar-refractivity contribution in [3.63, 3.8) is 0 Å². The van der Waals surface area contributed by atoms with Crippen LogP contribution >= 0.6 is 0 Å². The van der Waals surface area contributed by atoms with E-state index in [1.165, 1.54) is 5.56 Å². The van der Waals surface area contributed by atoms with Crippen molar-refractivity contribution in [3.8, 4) is 0 Å². The van der Waals surface area contributed by atoms with E-state index in [1.807, 2.05) is 31.3 Å². The van der Waals surface area contributed by atoms with Crippen molar-refractivity contribution in [2.45, 2.75) is 19.8 Å². The molecule has 0 N–H and O–H groups in total. The number of allylic oxidation sites excluding steroid dienone is 1. The molecular weight excluding hydrogens is 210 g/mol. The molecule has 0 aliphatic carbocycles. The van der Waals surface area contributed by atoms with Gasteiger partial charge in [0, 0.05) is 18.0 Å². The molecule has 0 amide bonds. The third-order valence-corrected chi connectivity index (χ3v) is 2.76. The molecule has 0 saturated carbocycles. The maximum atomic E-state index is 12.0. The molecule has 0 bridgehead atoms. The monoisotopic (exact) mass is 225 g/mol. The number of carbonyl (C=O) groups is 1. The number of nitrogens with zero attached hydrogens (tertiary/aromatic N) is 1. The molecule has 1 heterocycles. The molecule has 0 saturated heterocycles. The molecule has 86 valence electrons. The van der Waals surface area contributed by atoms with Gasteiger partial charge in [-0.25, -0.2) is 0 Å². The minimum atomic E-state index is 0.107. The Kier molecular flexibility index (Phi) is 3.27. The van der Waals surface area contributed by atoms with Crippen LogP contribution in [0.3, 0.4) is 0 Å². The van der Waals surface area contributed by atoms with Crippen molar-refractivity contribution in [1.29, 1.82) is 0 Å². The number of benzene rings is 1. The highest BCUT2D eigenvalue weighted by Crippen LogP contribution is 2.18. The summed E-state index contributed by atoms with van der Waals surface area (Å²) in [6, 6.07) is 8.08. The summed E-state index contributed by atoms with van der Waals surface area (Å²) < 4.78 is 1.71.